The summed E-state index contributed by atoms with van der Waals surface area (Å²) in [7, 11) is -2.84. The molecule has 1 N–H and O–H groups in total. The van der Waals surface area contributed by atoms with Crippen LogP contribution in [0.5, 0.6) is 0 Å². The number of carbonyl (C=O) groups excluding carboxylic acids is 1. The highest BCUT2D eigenvalue weighted by atomic mass is 79.9. The molecule has 0 atom stereocenters. The predicted molar refractivity (Wildman–Crippen MR) is 115 cm³/mol. The fourth-order valence-corrected chi connectivity index (χ4v) is 5.61. The van der Waals surface area contributed by atoms with Gasteiger partial charge in [0.2, 0.25) is 0 Å². The second kappa shape index (κ2) is 8.37. The second-order valence-corrected chi connectivity index (χ2v) is 9.82. The topological polar surface area (TPSA) is 96.3 Å². The third kappa shape index (κ3) is 4.50. The molecular weight excluding hydrogens is 476 g/mol. The standard InChI is InChI=1S/C20H15BrN2O4S2/c1-12-3-8-18(28-12)15-6-4-13(11-22)9-17(15)23-29(25,26)19-10-14(20(24)27-2)5-7-16(19)21/h3-10,23H,1-2H3. The Morgan fingerprint density at radius 2 is 1.93 bits per heavy atom. The molecule has 0 unspecified atom stereocenters. The van der Waals surface area contributed by atoms with Crippen molar-refractivity contribution in [3.63, 3.8) is 0 Å². The lowest BCUT2D eigenvalue weighted by atomic mass is 10.1. The largest absolute Gasteiger partial charge is 0.465 e. The summed E-state index contributed by atoms with van der Waals surface area (Å²) in [4.78, 5) is 13.6. The summed E-state index contributed by atoms with van der Waals surface area (Å²) in [5.41, 5.74) is 1.37. The number of nitrogens with one attached hydrogen (secondary N) is 1. The van der Waals surface area contributed by atoms with Gasteiger partial charge < -0.3 is 4.74 Å². The van der Waals surface area contributed by atoms with Crippen molar-refractivity contribution in [1.82, 2.24) is 0 Å². The van der Waals surface area contributed by atoms with Crippen LogP contribution in [0.25, 0.3) is 10.4 Å². The lowest BCUT2D eigenvalue weighted by Crippen LogP contribution is -2.15. The monoisotopic (exact) mass is 490 g/mol. The molecule has 0 aliphatic rings. The molecule has 3 aromatic rings. The number of ether oxygens (including phenoxy) is 1. The van der Waals surface area contributed by atoms with Crippen molar-refractivity contribution in [2.45, 2.75) is 11.8 Å². The molecule has 0 aliphatic heterocycles. The maximum Gasteiger partial charge on any atom is 0.337 e. The number of sulfonamides is 1. The molecule has 3 rings (SSSR count). The Morgan fingerprint density at radius 3 is 2.55 bits per heavy atom. The van der Waals surface area contributed by atoms with E-state index in [1.165, 1.54) is 42.7 Å². The van der Waals surface area contributed by atoms with Gasteiger partial charge in [-0.3, -0.25) is 4.72 Å². The number of anilines is 1. The number of benzene rings is 2. The number of esters is 1. The Morgan fingerprint density at radius 1 is 1.17 bits per heavy atom. The van der Waals surface area contributed by atoms with Gasteiger partial charge in [0, 0.05) is 19.8 Å². The van der Waals surface area contributed by atoms with E-state index in [0.717, 1.165) is 9.75 Å². The molecule has 0 saturated carbocycles. The van der Waals surface area contributed by atoms with Crippen LogP contribution in [0.1, 0.15) is 20.8 Å². The summed E-state index contributed by atoms with van der Waals surface area (Å²) >= 11 is 4.74. The van der Waals surface area contributed by atoms with E-state index in [-0.39, 0.29) is 16.1 Å². The smallest absolute Gasteiger partial charge is 0.337 e. The van der Waals surface area contributed by atoms with Crippen LogP contribution >= 0.6 is 27.3 Å². The Hall–Kier alpha value is -2.67. The Balaban J connectivity index is 2.10. The number of aryl methyl sites for hydroxylation is 1. The highest BCUT2D eigenvalue weighted by Crippen LogP contribution is 2.36. The highest BCUT2D eigenvalue weighted by Gasteiger charge is 2.22. The first kappa shape index (κ1) is 21.0. The first-order valence-corrected chi connectivity index (χ1v) is 11.4. The zero-order valence-electron chi connectivity index (χ0n) is 15.4. The van der Waals surface area contributed by atoms with Crippen LogP contribution in [0.15, 0.2) is 57.9 Å². The zero-order valence-corrected chi connectivity index (χ0v) is 18.6. The molecule has 29 heavy (non-hydrogen) atoms. The maximum atomic E-state index is 13.1. The van der Waals surface area contributed by atoms with Crippen LogP contribution in [0.3, 0.4) is 0 Å². The number of nitrogens with zero attached hydrogens (tertiary/aromatic N) is 1. The molecule has 0 bridgehead atoms. The maximum absolute atomic E-state index is 13.1. The average Bonchev–Trinajstić information content (AvgIpc) is 3.13. The normalized spacial score (nSPS) is 11.0. The summed E-state index contributed by atoms with van der Waals surface area (Å²) in [6.45, 7) is 1.96. The molecule has 148 valence electrons. The molecule has 0 amide bonds. The van der Waals surface area contributed by atoms with Gasteiger partial charge in [-0.1, -0.05) is 6.07 Å². The van der Waals surface area contributed by atoms with Gasteiger partial charge in [0.25, 0.3) is 10.0 Å². The summed E-state index contributed by atoms with van der Waals surface area (Å²) in [5.74, 6) is -0.643. The predicted octanol–water partition coefficient (Wildman–Crippen LogP) is 4.95. The van der Waals surface area contributed by atoms with E-state index in [9.17, 15) is 18.5 Å². The number of hydrogen-bond donors (Lipinski definition) is 1. The van der Waals surface area contributed by atoms with Crippen LogP contribution < -0.4 is 4.72 Å². The van der Waals surface area contributed by atoms with Gasteiger partial charge in [-0.15, -0.1) is 11.3 Å². The molecule has 0 radical (unpaired) electrons. The summed E-state index contributed by atoms with van der Waals surface area (Å²) in [5, 5.41) is 9.23. The fourth-order valence-electron chi connectivity index (χ4n) is 2.65. The Kier molecular flexibility index (Phi) is 6.07. The summed E-state index contributed by atoms with van der Waals surface area (Å²) in [6, 6.07) is 14.9. The van der Waals surface area contributed by atoms with Crippen molar-refractivity contribution in [2.75, 3.05) is 11.8 Å². The van der Waals surface area contributed by atoms with Crippen molar-refractivity contribution in [3.05, 3.63) is 69.0 Å². The van der Waals surface area contributed by atoms with E-state index >= 15 is 0 Å². The minimum atomic E-state index is -4.07. The van der Waals surface area contributed by atoms with Gasteiger partial charge >= 0.3 is 5.97 Å². The first-order chi connectivity index (χ1) is 13.7. The van der Waals surface area contributed by atoms with Crippen LogP contribution in [0.2, 0.25) is 0 Å². The van der Waals surface area contributed by atoms with E-state index in [2.05, 4.69) is 25.4 Å². The molecule has 1 aromatic heterocycles. The molecule has 6 nitrogen and oxygen atoms in total. The molecule has 0 fully saturated rings. The quantitative estimate of drug-likeness (QED) is 0.510. The molecule has 9 heteroatoms. The first-order valence-electron chi connectivity index (χ1n) is 8.27. The lowest BCUT2D eigenvalue weighted by molar-refractivity contribution is 0.0600. The van der Waals surface area contributed by atoms with E-state index in [0.29, 0.717) is 15.6 Å². The number of methoxy groups -OCH3 is 1. The van der Waals surface area contributed by atoms with E-state index in [4.69, 9.17) is 0 Å². The molecule has 0 spiro atoms. The molecule has 0 aliphatic carbocycles. The van der Waals surface area contributed by atoms with Crippen LogP contribution in [0.4, 0.5) is 5.69 Å². The van der Waals surface area contributed by atoms with Gasteiger partial charge in [-0.05, 0) is 65.3 Å². The molecule has 0 saturated heterocycles. The van der Waals surface area contributed by atoms with Gasteiger partial charge in [0.05, 0.1) is 30.0 Å². The minimum absolute atomic E-state index is 0.107. The van der Waals surface area contributed by atoms with Gasteiger partial charge in [0.1, 0.15) is 4.90 Å². The number of carbonyl (C=O) groups is 1. The van der Waals surface area contributed by atoms with Crippen molar-refractivity contribution < 1.29 is 17.9 Å². The van der Waals surface area contributed by atoms with Gasteiger partial charge in [-0.2, -0.15) is 5.26 Å². The number of halogens is 1. The highest BCUT2D eigenvalue weighted by molar-refractivity contribution is 9.10. The van der Waals surface area contributed by atoms with E-state index < -0.39 is 16.0 Å². The molecule has 2 aromatic carbocycles. The minimum Gasteiger partial charge on any atom is -0.465 e. The third-order valence-corrected chi connectivity index (χ3v) is 7.43. The van der Waals surface area contributed by atoms with Gasteiger partial charge in [-0.25, -0.2) is 13.2 Å². The Bertz CT molecular complexity index is 1240. The number of nitriles is 1. The molecule has 1 heterocycles. The van der Waals surface area contributed by atoms with Crippen molar-refractivity contribution in [2.24, 2.45) is 0 Å². The summed E-state index contributed by atoms with van der Waals surface area (Å²) in [6.07, 6.45) is 0. The van der Waals surface area contributed by atoms with Crippen LogP contribution in [-0.2, 0) is 14.8 Å². The number of hydrogen-bond acceptors (Lipinski definition) is 6. The van der Waals surface area contributed by atoms with Crippen LogP contribution in [-0.4, -0.2) is 21.5 Å². The van der Waals surface area contributed by atoms with Crippen molar-refractivity contribution in [1.29, 1.82) is 5.26 Å². The average molecular weight is 491 g/mol. The van der Waals surface area contributed by atoms with Crippen LogP contribution in [0, 0.1) is 18.3 Å². The van der Waals surface area contributed by atoms with E-state index in [1.54, 1.807) is 12.1 Å². The summed E-state index contributed by atoms with van der Waals surface area (Å²) < 4.78 is 33.7. The lowest BCUT2D eigenvalue weighted by Gasteiger charge is -2.14. The number of rotatable bonds is 5. The van der Waals surface area contributed by atoms with Crippen molar-refractivity contribution in [3.8, 4) is 16.5 Å². The number of thiophene rings is 1. The fraction of sp³-hybridized carbons (Fsp3) is 0.100. The van der Waals surface area contributed by atoms with Crippen molar-refractivity contribution >= 4 is 48.9 Å². The third-order valence-electron chi connectivity index (χ3n) is 4.04. The van der Waals surface area contributed by atoms with E-state index in [1.807, 2.05) is 25.1 Å². The Labute approximate surface area is 180 Å². The SMILES string of the molecule is COC(=O)c1ccc(Br)c(S(=O)(=O)Nc2cc(C#N)ccc2-c2ccc(C)s2)c1. The second-order valence-electron chi connectivity index (χ2n) is 6.02. The molecular formula is C20H15BrN2O4S2. The van der Waals surface area contributed by atoms with Gasteiger partial charge in [0.15, 0.2) is 0 Å². The zero-order chi connectivity index (χ0) is 21.2.